The maximum atomic E-state index is 11.4. The van der Waals surface area contributed by atoms with Crippen LogP contribution in [0.15, 0.2) is 0 Å². The molecule has 66 valence electrons. The van der Waals surface area contributed by atoms with E-state index in [1.165, 1.54) is 0 Å². The summed E-state index contributed by atoms with van der Waals surface area (Å²) in [6.45, 7) is 6.78. The second-order valence-corrected chi connectivity index (χ2v) is 4.09. The molecular weight excluding hydrogens is 255 g/mol. The Labute approximate surface area is 82.2 Å². The van der Waals surface area contributed by atoms with Crippen molar-refractivity contribution in [3.8, 4) is 0 Å². The molecule has 0 aliphatic heterocycles. The summed E-state index contributed by atoms with van der Waals surface area (Å²) < 4.78 is 1.57. The summed E-state index contributed by atoms with van der Waals surface area (Å²) in [5.74, 6) is 0. The lowest BCUT2D eigenvalue weighted by molar-refractivity contribution is 0.177. The normalized spacial score (nSPS) is 10.0. The number of carbonyl (C=O) groups is 1. The Bertz CT molecular complexity index is 136. The summed E-state index contributed by atoms with van der Waals surface area (Å²) >= 11 is 1.98. The Morgan fingerprint density at radius 1 is 1.55 bits per heavy atom. The summed E-state index contributed by atoms with van der Waals surface area (Å²) in [6.07, 6.45) is 0. The predicted molar refractivity (Wildman–Crippen MR) is 54.7 cm³/mol. The van der Waals surface area contributed by atoms with Crippen LogP contribution in [0.4, 0.5) is 4.79 Å². The molecular formula is C7H15IN2O. The largest absolute Gasteiger partial charge is 0.328 e. The third-order valence-electron chi connectivity index (χ3n) is 1.47. The molecule has 0 N–H and O–H groups in total. The zero-order valence-electron chi connectivity index (χ0n) is 7.47. The lowest BCUT2D eigenvalue weighted by atomic mass is 10.3. The van der Waals surface area contributed by atoms with Gasteiger partial charge in [-0.1, -0.05) is 0 Å². The summed E-state index contributed by atoms with van der Waals surface area (Å²) in [7, 11) is 1.76. The van der Waals surface area contributed by atoms with Gasteiger partial charge < -0.3 is 4.90 Å². The van der Waals surface area contributed by atoms with Crippen LogP contribution >= 0.6 is 22.9 Å². The summed E-state index contributed by atoms with van der Waals surface area (Å²) in [4.78, 5) is 13.2. The Morgan fingerprint density at radius 3 is 2.09 bits per heavy atom. The van der Waals surface area contributed by atoms with Crippen LogP contribution in [0, 0.1) is 0 Å². The number of amides is 2. The van der Waals surface area contributed by atoms with Gasteiger partial charge in [0.2, 0.25) is 0 Å². The molecule has 0 aromatic rings. The molecule has 11 heavy (non-hydrogen) atoms. The monoisotopic (exact) mass is 270 g/mol. The second-order valence-electron chi connectivity index (χ2n) is 2.64. The number of hydrogen-bond donors (Lipinski definition) is 0. The molecule has 0 spiro atoms. The first-order valence-corrected chi connectivity index (χ1v) is 4.67. The highest BCUT2D eigenvalue weighted by Gasteiger charge is 2.16. The minimum absolute atomic E-state index is 0.0723. The van der Waals surface area contributed by atoms with E-state index in [1.54, 1.807) is 10.2 Å². The average Bonchev–Trinajstić information content (AvgIpc) is 1.88. The molecule has 0 saturated carbocycles. The van der Waals surface area contributed by atoms with Crippen LogP contribution in [-0.4, -0.2) is 33.7 Å². The van der Waals surface area contributed by atoms with Gasteiger partial charge in [-0.2, -0.15) is 0 Å². The molecule has 0 aliphatic carbocycles. The van der Waals surface area contributed by atoms with Crippen LogP contribution < -0.4 is 0 Å². The van der Waals surface area contributed by atoms with E-state index in [2.05, 4.69) is 0 Å². The molecule has 0 rings (SSSR count). The highest BCUT2D eigenvalue weighted by molar-refractivity contribution is 14.1. The van der Waals surface area contributed by atoms with Gasteiger partial charge in [-0.3, -0.25) is 3.11 Å². The summed E-state index contributed by atoms with van der Waals surface area (Å²) in [5.41, 5.74) is 0. The van der Waals surface area contributed by atoms with E-state index in [4.69, 9.17) is 0 Å². The van der Waals surface area contributed by atoms with E-state index >= 15 is 0 Å². The van der Waals surface area contributed by atoms with Crippen molar-refractivity contribution < 1.29 is 4.79 Å². The van der Waals surface area contributed by atoms with Crippen LogP contribution in [-0.2, 0) is 0 Å². The van der Waals surface area contributed by atoms with Crippen LogP contribution in [0.25, 0.3) is 0 Å². The molecule has 0 atom stereocenters. The first-order chi connectivity index (χ1) is 5.00. The SMILES string of the molecule is CCN(C(=O)N(C)I)C(C)C. The zero-order chi connectivity index (χ0) is 9.02. The molecule has 0 aromatic heterocycles. The smallest absolute Gasteiger partial charge is 0.322 e. The lowest BCUT2D eigenvalue weighted by Crippen LogP contribution is -2.41. The average molecular weight is 270 g/mol. The van der Waals surface area contributed by atoms with Crippen molar-refractivity contribution in [3.05, 3.63) is 0 Å². The molecule has 0 heterocycles. The Balaban J connectivity index is 4.15. The molecule has 2 amide bonds. The van der Waals surface area contributed by atoms with Gasteiger partial charge in [-0.05, 0) is 20.8 Å². The van der Waals surface area contributed by atoms with E-state index in [0.29, 0.717) is 0 Å². The molecule has 0 unspecified atom stereocenters. The molecule has 0 aromatic carbocycles. The van der Waals surface area contributed by atoms with Gasteiger partial charge in [-0.25, -0.2) is 4.79 Å². The highest BCUT2D eigenvalue weighted by Crippen LogP contribution is 2.05. The maximum Gasteiger partial charge on any atom is 0.328 e. The van der Waals surface area contributed by atoms with E-state index in [-0.39, 0.29) is 12.1 Å². The van der Waals surface area contributed by atoms with E-state index in [9.17, 15) is 4.79 Å². The lowest BCUT2D eigenvalue weighted by Gasteiger charge is -2.27. The number of urea groups is 1. The number of hydrogen-bond acceptors (Lipinski definition) is 1. The first-order valence-electron chi connectivity index (χ1n) is 3.70. The van der Waals surface area contributed by atoms with Crippen molar-refractivity contribution in [2.24, 2.45) is 0 Å². The van der Waals surface area contributed by atoms with Crippen LogP contribution in [0.3, 0.4) is 0 Å². The third-order valence-corrected chi connectivity index (χ3v) is 1.89. The molecule has 0 saturated heterocycles. The predicted octanol–water partition coefficient (Wildman–Crippen LogP) is 2.12. The minimum atomic E-state index is 0.0723. The molecule has 0 bridgehead atoms. The van der Waals surface area contributed by atoms with Crippen molar-refractivity contribution in [1.29, 1.82) is 0 Å². The Hall–Kier alpha value is 0. The maximum absolute atomic E-state index is 11.4. The summed E-state index contributed by atoms with van der Waals surface area (Å²) in [5, 5.41) is 0. The van der Waals surface area contributed by atoms with Crippen molar-refractivity contribution in [3.63, 3.8) is 0 Å². The topological polar surface area (TPSA) is 23.6 Å². The number of carbonyl (C=O) groups excluding carboxylic acids is 1. The van der Waals surface area contributed by atoms with E-state index < -0.39 is 0 Å². The Morgan fingerprint density at radius 2 is 2.00 bits per heavy atom. The Kier molecular flexibility index (Phi) is 4.79. The molecule has 3 nitrogen and oxygen atoms in total. The fourth-order valence-electron chi connectivity index (χ4n) is 0.898. The molecule has 0 fully saturated rings. The highest BCUT2D eigenvalue weighted by atomic mass is 127. The van der Waals surface area contributed by atoms with E-state index in [1.807, 2.05) is 48.5 Å². The van der Waals surface area contributed by atoms with Gasteiger partial charge in [0.1, 0.15) is 0 Å². The standard InChI is InChI=1S/C7H15IN2O/c1-5-10(6(2)3)7(11)9(4)8/h6H,5H2,1-4H3. The zero-order valence-corrected chi connectivity index (χ0v) is 9.62. The van der Waals surface area contributed by atoms with Crippen LogP contribution in [0.5, 0.6) is 0 Å². The van der Waals surface area contributed by atoms with Gasteiger partial charge in [0.25, 0.3) is 0 Å². The van der Waals surface area contributed by atoms with Crippen molar-refractivity contribution in [1.82, 2.24) is 8.01 Å². The molecule has 4 heteroatoms. The van der Waals surface area contributed by atoms with Gasteiger partial charge in [0.05, 0.1) is 22.9 Å². The van der Waals surface area contributed by atoms with Gasteiger partial charge >= 0.3 is 6.03 Å². The van der Waals surface area contributed by atoms with Crippen LogP contribution in [0.2, 0.25) is 0 Å². The first kappa shape index (κ1) is 11.0. The van der Waals surface area contributed by atoms with Crippen molar-refractivity contribution >= 4 is 28.9 Å². The van der Waals surface area contributed by atoms with Gasteiger partial charge in [-0.15, -0.1) is 0 Å². The minimum Gasteiger partial charge on any atom is -0.322 e. The third kappa shape index (κ3) is 3.27. The number of rotatable bonds is 2. The fourth-order valence-corrected chi connectivity index (χ4v) is 1.18. The van der Waals surface area contributed by atoms with Crippen molar-refractivity contribution in [2.75, 3.05) is 13.6 Å². The van der Waals surface area contributed by atoms with Crippen molar-refractivity contribution in [2.45, 2.75) is 26.8 Å². The summed E-state index contributed by atoms with van der Waals surface area (Å²) in [6, 6.07) is 0.354. The fraction of sp³-hybridized carbons (Fsp3) is 0.857. The molecule has 0 aliphatic rings. The van der Waals surface area contributed by atoms with E-state index in [0.717, 1.165) is 6.54 Å². The molecule has 0 radical (unpaired) electrons. The quantitative estimate of drug-likeness (QED) is 0.557. The number of nitrogens with zero attached hydrogens (tertiary/aromatic N) is 2. The number of halogens is 1. The second kappa shape index (κ2) is 4.79. The van der Waals surface area contributed by atoms with Gasteiger partial charge in [0, 0.05) is 19.6 Å². The van der Waals surface area contributed by atoms with Gasteiger partial charge in [0.15, 0.2) is 0 Å². The van der Waals surface area contributed by atoms with Crippen LogP contribution in [0.1, 0.15) is 20.8 Å².